The minimum absolute atomic E-state index is 0.0339. The van der Waals surface area contributed by atoms with Gasteiger partial charge in [0.05, 0.1) is 5.75 Å². The van der Waals surface area contributed by atoms with Crippen LogP contribution in [0.4, 0.5) is 4.79 Å². The van der Waals surface area contributed by atoms with Gasteiger partial charge >= 0.3 is 6.03 Å². The van der Waals surface area contributed by atoms with Gasteiger partial charge in [0, 0.05) is 38.5 Å². The maximum atomic E-state index is 12.2. The normalized spacial score (nSPS) is 14.7. The van der Waals surface area contributed by atoms with E-state index < -0.39 is 0 Å². The molecule has 0 unspecified atom stereocenters. The first-order chi connectivity index (χ1) is 11.1. The molecule has 0 atom stereocenters. The highest BCUT2D eigenvalue weighted by Crippen LogP contribution is 2.14. The number of piperazine rings is 1. The first-order valence-electron chi connectivity index (χ1n) is 8.04. The molecular formula is C17H25N3O2S. The van der Waals surface area contributed by atoms with Gasteiger partial charge < -0.3 is 15.1 Å². The van der Waals surface area contributed by atoms with Crippen LogP contribution in [0.1, 0.15) is 18.1 Å². The smallest absolute Gasteiger partial charge is 0.317 e. The van der Waals surface area contributed by atoms with Gasteiger partial charge in [-0.25, -0.2) is 4.79 Å². The quantitative estimate of drug-likeness (QED) is 0.896. The van der Waals surface area contributed by atoms with E-state index in [0.717, 1.165) is 5.75 Å². The maximum Gasteiger partial charge on any atom is 0.317 e. The average molecular weight is 335 g/mol. The molecule has 126 valence electrons. The number of carbonyl (C=O) groups is 2. The Labute approximate surface area is 142 Å². The molecule has 2 rings (SSSR count). The van der Waals surface area contributed by atoms with Gasteiger partial charge in [0.2, 0.25) is 5.91 Å². The zero-order valence-electron chi connectivity index (χ0n) is 13.9. The topological polar surface area (TPSA) is 52.7 Å². The number of carbonyl (C=O) groups excluding carboxylic acids is 2. The lowest BCUT2D eigenvalue weighted by Gasteiger charge is -2.34. The van der Waals surface area contributed by atoms with E-state index in [2.05, 4.69) is 30.4 Å². The summed E-state index contributed by atoms with van der Waals surface area (Å²) < 4.78 is 0. The average Bonchev–Trinajstić information content (AvgIpc) is 2.55. The van der Waals surface area contributed by atoms with E-state index in [9.17, 15) is 9.59 Å². The molecule has 5 nitrogen and oxygen atoms in total. The second-order valence-corrected chi connectivity index (χ2v) is 6.67. The molecular weight excluding hydrogens is 310 g/mol. The number of amides is 3. The fourth-order valence-corrected chi connectivity index (χ4v) is 3.45. The molecule has 3 amide bonds. The van der Waals surface area contributed by atoms with Crippen LogP contribution in [-0.2, 0) is 10.5 Å². The van der Waals surface area contributed by atoms with Crippen molar-refractivity contribution in [2.75, 3.05) is 38.5 Å². The Morgan fingerprint density at radius 3 is 2.52 bits per heavy atom. The lowest BCUT2D eigenvalue weighted by Crippen LogP contribution is -2.53. The van der Waals surface area contributed by atoms with Crippen LogP contribution >= 0.6 is 11.8 Å². The molecule has 1 aliphatic rings. The Morgan fingerprint density at radius 2 is 1.87 bits per heavy atom. The van der Waals surface area contributed by atoms with Crippen molar-refractivity contribution >= 4 is 23.7 Å². The van der Waals surface area contributed by atoms with E-state index in [0.29, 0.717) is 38.5 Å². The number of benzene rings is 1. The molecule has 0 spiro atoms. The van der Waals surface area contributed by atoms with Gasteiger partial charge in [0.1, 0.15) is 0 Å². The van der Waals surface area contributed by atoms with E-state index in [1.807, 2.05) is 17.9 Å². The molecule has 0 saturated carbocycles. The summed E-state index contributed by atoms with van der Waals surface area (Å²) in [6.45, 7) is 7.09. The first-order valence-corrected chi connectivity index (χ1v) is 9.19. The van der Waals surface area contributed by atoms with Crippen molar-refractivity contribution in [3.63, 3.8) is 0 Å². The van der Waals surface area contributed by atoms with Crippen molar-refractivity contribution in [2.24, 2.45) is 0 Å². The number of aryl methyl sites for hydroxylation is 1. The highest BCUT2D eigenvalue weighted by molar-refractivity contribution is 7.99. The third kappa shape index (κ3) is 5.46. The van der Waals surface area contributed by atoms with E-state index in [1.165, 1.54) is 11.1 Å². The number of nitrogens with one attached hydrogen (secondary N) is 1. The molecule has 1 aliphatic heterocycles. The number of hydrogen-bond donors (Lipinski definition) is 1. The van der Waals surface area contributed by atoms with Crippen LogP contribution in [0.5, 0.6) is 0 Å². The molecule has 0 aromatic heterocycles. The molecule has 0 bridgehead atoms. The second-order valence-electron chi connectivity index (χ2n) is 5.69. The minimum atomic E-state index is -0.0339. The van der Waals surface area contributed by atoms with Crippen LogP contribution in [0.3, 0.4) is 0 Å². The SMILES string of the molecule is CCNC(=O)N1CCN(C(=O)CSCc2cccc(C)c2)CC1. The summed E-state index contributed by atoms with van der Waals surface area (Å²) in [5.41, 5.74) is 2.50. The van der Waals surface area contributed by atoms with E-state index in [-0.39, 0.29) is 11.9 Å². The molecule has 1 aromatic rings. The summed E-state index contributed by atoms with van der Waals surface area (Å²) in [5, 5.41) is 2.80. The second kappa shape index (κ2) is 8.82. The summed E-state index contributed by atoms with van der Waals surface area (Å²) >= 11 is 1.65. The summed E-state index contributed by atoms with van der Waals surface area (Å²) in [6, 6.07) is 8.34. The minimum Gasteiger partial charge on any atom is -0.338 e. The number of rotatable bonds is 5. The van der Waals surface area contributed by atoms with Crippen molar-refractivity contribution < 1.29 is 9.59 Å². The number of thioether (sulfide) groups is 1. The Morgan fingerprint density at radius 1 is 1.17 bits per heavy atom. The number of nitrogens with zero attached hydrogens (tertiary/aromatic N) is 2. The van der Waals surface area contributed by atoms with Gasteiger partial charge in [-0.3, -0.25) is 4.79 Å². The standard InChI is InChI=1S/C17H25N3O2S/c1-3-18-17(22)20-9-7-19(8-10-20)16(21)13-23-12-15-6-4-5-14(2)11-15/h4-6,11H,3,7-10,12-13H2,1-2H3,(H,18,22). The fraction of sp³-hybridized carbons (Fsp3) is 0.529. The predicted octanol–water partition coefficient (Wildman–Crippen LogP) is 2.10. The molecule has 1 heterocycles. The largest absolute Gasteiger partial charge is 0.338 e. The first kappa shape index (κ1) is 17.7. The Balaban J connectivity index is 1.70. The van der Waals surface area contributed by atoms with Crippen molar-refractivity contribution in [1.82, 2.24) is 15.1 Å². The summed E-state index contributed by atoms with van der Waals surface area (Å²) in [7, 11) is 0. The van der Waals surface area contributed by atoms with Crippen molar-refractivity contribution in [2.45, 2.75) is 19.6 Å². The van der Waals surface area contributed by atoms with E-state index in [1.54, 1.807) is 16.7 Å². The highest BCUT2D eigenvalue weighted by atomic mass is 32.2. The number of hydrogen-bond acceptors (Lipinski definition) is 3. The molecule has 1 saturated heterocycles. The lowest BCUT2D eigenvalue weighted by molar-refractivity contribution is -0.129. The van der Waals surface area contributed by atoms with Crippen LogP contribution in [0, 0.1) is 6.92 Å². The Bertz CT molecular complexity index is 542. The van der Waals surface area contributed by atoms with Crippen molar-refractivity contribution in [1.29, 1.82) is 0 Å². The van der Waals surface area contributed by atoms with Crippen LogP contribution in [-0.4, -0.2) is 60.2 Å². The van der Waals surface area contributed by atoms with Gasteiger partial charge in [-0.2, -0.15) is 0 Å². The third-order valence-corrected chi connectivity index (χ3v) is 4.81. The van der Waals surface area contributed by atoms with Crippen molar-refractivity contribution in [3.8, 4) is 0 Å². The lowest BCUT2D eigenvalue weighted by atomic mass is 10.2. The zero-order chi connectivity index (χ0) is 16.7. The van der Waals surface area contributed by atoms with Crippen LogP contribution in [0.2, 0.25) is 0 Å². The molecule has 1 N–H and O–H groups in total. The van der Waals surface area contributed by atoms with Crippen LogP contribution in [0.15, 0.2) is 24.3 Å². The highest BCUT2D eigenvalue weighted by Gasteiger charge is 2.23. The molecule has 0 radical (unpaired) electrons. The molecule has 1 fully saturated rings. The summed E-state index contributed by atoms with van der Waals surface area (Å²) in [5.74, 6) is 1.51. The van der Waals surface area contributed by atoms with Crippen LogP contribution < -0.4 is 5.32 Å². The Hall–Kier alpha value is -1.69. The van der Waals surface area contributed by atoms with E-state index >= 15 is 0 Å². The van der Waals surface area contributed by atoms with Crippen LogP contribution in [0.25, 0.3) is 0 Å². The van der Waals surface area contributed by atoms with E-state index in [4.69, 9.17) is 0 Å². The number of urea groups is 1. The zero-order valence-corrected chi connectivity index (χ0v) is 14.7. The van der Waals surface area contributed by atoms with Crippen molar-refractivity contribution in [3.05, 3.63) is 35.4 Å². The monoisotopic (exact) mass is 335 g/mol. The Kier molecular flexibility index (Phi) is 6.77. The van der Waals surface area contributed by atoms with Gasteiger partial charge in [-0.15, -0.1) is 11.8 Å². The predicted molar refractivity (Wildman–Crippen MR) is 94.6 cm³/mol. The fourth-order valence-electron chi connectivity index (χ4n) is 2.57. The molecule has 23 heavy (non-hydrogen) atoms. The third-order valence-electron chi connectivity index (χ3n) is 3.82. The molecule has 6 heteroatoms. The molecule has 0 aliphatic carbocycles. The summed E-state index contributed by atoms with van der Waals surface area (Å²) in [4.78, 5) is 27.6. The van der Waals surface area contributed by atoms with Gasteiger partial charge in [0.25, 0.3) is 0 Å². The maximum absolute atomic E-state index is 12.2. The summed E-state index contributed by atoms with van der Waals surface area (Å²) in [6.07, 6.45) is 0. The van der Waals surface area contributed by atoms with Gasteiger partial charge in [-0.05, 0) is 19.4 Å². The van der Waals surface area contributed by atoms with Gasteiger partial charge in [0.15, 0.2) is 0 Å². The van der Waals surface area contributed by atoms with Gasteiger partial charge in [-0.1, -0.05) is 29.8 Å². The molecule has 1 aromatic carbocycles.